The van der Waals surface area contributed by atoms with E-state index in [-0.39, 0.29) is 5.41 Å². The van der Waals surface area contributed by atoms with Crippen molar-refractivity contribution in [2.45, 2.75) is 58.8 Å². The normalized spacial score (nSPS) is 12.0. The molecule has 0 spiro atoms. The van der Waals surface area contributed by atoms with Crippen molar-refractivity contribution in [2.24, 2.45) is 5.73 Å². The first-order chi connectivity index (χ1) is 12.4. The van der Waals surface area contributed by atoms with E-state index in [0.29, 0.717) is 0 Å². The van der Waals surface area contributed by atoms with Gasteiger partial charge in [0.05, 0.1) is 0 Å². The van der Waals surface area contributed by atoms with Gasteiger partial charge in [0, 0.05) is 16.6 Å². The minimum atomic E-state index is 0.180. The lowest BCUT2D eigenvalue weighted by molar-refractivity contribution is 0.590. The fourth-order valence-corrected chi connectivity index (χ4v) is 3.60. The van der Waals surface area contributed by atoms with Crippen LogP contribution in [-0.2, 0) is 18.3 Å². The quantitative estimate of drug-likeness (QED) is 0.529. The number of unbranched alkanes of at least 4 members (excludes halogenated alkanes) is 1. The van der Waals surface area contributed by atoms with Gasteiger partial charge < -0.3 is 10.7 Å². The molecular weight excluding hydrogens is 316 g/mol. The fourth-order valence-electron chi connectivity index (χ4n) is 3.60. The van der Waals surface area contributed by atoms with Crippen LogP contribution in [0.4, 0.5) is 0 Å². The molecule has 0 aliphatic carbocycles. The smallest absolute Gasteiger partial charge is 0.0497 e. The Labute approximate surface area is 157 Å². The number of aromatic amines is 1. The van der Waals surface area contributed by atoms with Crippen molar-refractivity contribution >= 4 is 10.9 Å². The number of hydrogen-bond donors (Lipinski definition) is 2. The summed E-state index contributed by atoms with van der Waals surface area (Å²) in [6.45, 7) is 9.76. The lowest BCUT2D eigenvalue weighted by Crippen LogP contribution is -2.10. The van der Waals surface area contributed by atoms with Gasteiger partial charge in [0.15, 0.2) is 0 Å². The summed E-state index contributed by atoms with van der Waals surface area (Å²) in [5.74, 6) is 0. The third kappa shape index (κ3) is 3.86. The highest BCUT2D eigenvalue weighted by Crippen LogP contribution is 2.33. The monoisotopic (exact) mass is 348 g/mol. The second-order valence-corrected chi connectivity index (χ2v) is 8.29. The molecule has 3 N–H and O–H groups in total. The molecule has 0 atom stereocenters. The number of H-pyrrole nitrogens is 1. The van der Waals surface area contributed by atoms with Gasteiger partial charge in [-0.1, -0.05) is 58.0 Å². The van der Waals surface area contributed by atoms with Crippen LogP contribution in [0.15, 0.2) is 42.5 Å². The molecule has 1 aromatic heterocycles. The predicted octanol–water partition coefficient (Wildman–Crippen LogP) is 5.98. The number of rotatable bonds is 6. The van der Waals surface area contributed by atoms with Gasteiger partial charge in [-0.3, -0.25) is 0 Å². The van der Waals surface area contributed by atoms with Gasteiger partial charge in [0.1, 0.15) is 0 Å². The van der Waals surface area contributed by atoms with Crippen LogP contribution in [-0.4, -0.2) is 11.5 Å². The molecule has 1 heterocycles. The second-order valence-electron chi connectivity index (χ2n) is 8.29. The molecule has 0 aliphatic heterocycles. The molecule has 0 saturated heterocycles. The van der Waals surface area contributed by atoms with Crippen LogP contribution >= 0.6 is 0 Å². The molecule has 138 valence electrons. The first-order valence-corrected chi connectivity index (χ1v) is 9.88. The maximum Gasteiger partial charge on any atom is 0.0497 e. The Morgan fingerprint density at radius 2 is 1.69 bits per heavy atom. The van der Waals surface area contributed by atoms with Crippen molar-refractivity contribution in [3.05, 3.63) is 59.2 Å². The number of aromatic nitrogens is 1. The van der Waals surface area contributed by atoms with Crippen molar-refractivity contribution in [1.29, 1.82) is 0 Å². The zero-order valence-electron chi connectivity index (χ0n) is 16.7. The minimum Gasteiger partial charge on any atom is -0.354 e. The molecule has 2 heteroatoms. The van der Waals surface area contributed by atoms with Gasteiger partial charge in [-0.05, 0) is 72.0 Å². The fraction of sp³-hybridized carbons (Fsp3) is 0.417. The van der Waals surface area contributed by atoms with Crippen LogP contribution in [0.1, 0.15) is 57.2 Å². The molecule has 0 fully saturated rings. The van der Waals surface area contributed by atoms with Gasteiger partial charge in [-0.2, -0.15) is 0 Å². The van der Waals surface area contributed by atoms with E-state index in [2.05, 4.69) is 75.1 Å². The summed E-state index contributed by atoms with van der Waals surface area (Å²) in [5, 5.41) is 1.37. The number of nitrogens with one attached hydrogen (secondary N) is 1. The third-order valence-corrected chi connectivity index (χ3v) is 5.30. The Morgan fingerprint density at radius 1 is 0.962 bits per heavy atom. The van der Waals surface area contributed by atoms with Crippen LogP contribution in [0, 0.1) is 0 Å². The average molecular weight is 349 g/mol. The van der Waals surface area contributed by atoms with Crippen LogP contribution in [0.2, 0.25) is 0 Å². The van der Waals surface area contributed by atoms with Gasteiger partial charge in [0.2, 0.25) is 0 Å². The lowest BCUT2D eigenvalue weighted by Gasteiger charge is -2.19. The molecule has 26 heavy (non-hydrogen) atoms. The summed E-state index contributed by atoms with van der Waals surface area (Å²) in [5.41, 5.74) is 13.9. The van der Waals surface area contributed by atoms with E-state index in [0.717, 1.165) is 32.2 Å². The van der Waals surface area contributed by atoms with Crippen molar-refractivity contribution in [3.8, 4) is 11.3 Å². The number of hydrogen-bond acceptors (Lipinski definition) is 1. The van der Waals surface area contributed by atoms with Crippen molar-refractivity contribution in [3.63, 3.8) is 0 Å². The SMILES string of the molecule is CCc1ccc2[nH]c(-c3ccc(C(C)(C)C)cc3)c(CCCCN)c2c1. The van der Waals surface area contributed by atoms with Gasteiger partial charge in [-0.15, -0.1) is 0 Å². The Morgan fingerprint density at radius 3 is 2.31 bits per heavy atom. The van der Waals surface area contributed by atoms with Crippen LogP contribution in [0.5, 0.6) is 0 Å². The molecule has 0 radical (unpaired) electrons. The molecule has 3 aromatic rings. The number of aryl methyl sites for hydroxylation is 2. The molecule has 0 aliphatic rings. The molecule has 0 unspecified atom stereocenters. The molecule has 2 nitrogen and oxygen atoms in total. The molecule has 3 rings (SSSR count). The van der Waals surface area contributed by atoms with E-state index < -0.39 is 0 Å². The summed E-state index contributed by atoms with van der Waals surface area (Å²) >= 11 is 0. The Hall–Kier alpha value is -2.06. The number of nitrogens with two attached hydrogens (primary N) is 1. The molecular formula is C24H32N2. The standard InChI is InChI=1S/C24H32N2/c1-5-17-9-14-22-21(16-17)20(8-6-7-15-25)23(26-22)18-10-12-19(13-11-18)24(2,3)4/h9-14,16,26H,5-8,15,25H2,1-4H3. The first-order valence-electron chi connectivity index (χ1n) is 9.88. The Bertz CT molecular complexity index is 864. The third-order valence-electron chi connectivity index (χ3n) is 5.30. The van der Waals surface area contributed by atoms with Crippen LogP contribution in [0.25, 0.3) is 22.2 Å². The average Bonchev–Trinajstić information content (AvgIpc) is 2.99. The molecule has 0 saturated carbocycles. The van der Waals surface area contributed by atoms with Gasteiger partial charge in [-0.25, -0.2) is 0 Å². The van der Waals surface area contributed by atoms with E-state index in [9.17, 15) is 0 Å². The molecule has 2 aromatic carbocycles. The predicted molar refractivity (Wildman–Crippen MR) is 114 cm³/mol. The summed E-state index contributed by atoms with van der Waals surface area (Å²) in [4.78, 5) is 3.69. The summed E-state index contributed by atoms with van der Waals surface area (Å²) in [6.07, 6.45) is 4.34. The van der Waals surface area contributed by atoms with Gasteiger partial charge >= 0.3 is 0 Å². The van der Waals surface area contributed by atoms with Crippen LogP contribution in [0.3, 0.4) is 0 Å². The zero-order valence-corrected chi connectivity index (χ0v) is 16.7. The first kappa shape index (κ1) is 18.7. The molecule has 0 bridgehead atoms. The highest BCUT2D eigenvalue weighted by atomic mass is 14.7. The Balaban J connectivity index is 2.07. The van der Waals surface area contributed by atoms with Crippen LogP contribution < -0.4 is 5.73 Å². The maximum atomic E-state index is 5.72. The lowest BCUT2D eigenvalue weighted by atomic mass is 9.86. The number of fused-ring (bicyclic) bond motifs is 1. The van der Waals surface area contributed by atoms with E-state index in [1.165, 1.54) is 38.9 Å². The zero-order chi connectivity index (χ0) is 18.7. The maximum absolute atomic E-state index is 5.72. The minimum absolute atomic E-state index is 0.180. The summed E-state index contributed by atoms with van der Waals surface area (Å²) in [7, 11) is 0. The van der Waals surface area contributed by atoms with E-state index in [1.54, 1.807) is 0 Å². The second kappa shape index (κ2) is 7.67. The Kier molecular flexibility index (Phi) is 5.52. The van der Waals surface area contributed by atoms with Gasteiger partial charge in [0.25, 0.3) is 0 Å². The largest absolute Gasteiger partial charge is 0.354 e. The van der Waals surface area contributed by atoms with Crippen molar-refractivity contribution in [1.82, 2.24) is 4.98 Å². The summed E-state index contributed by atoms with van der Waals surface area (Å²) < 4.78 is 0. The summed E-state index contributed by atoms with van der Waals surface area (Å²) in [6, 6.07) is 15.9. The van der Waals surface area contributed by atoms with E-state index in [1.807, 2.05) is 0 Å². The highest BCUT2D eigenvalue weighted by molar-refractivity contribution is 5.91. The molecule has 0 amide bonds. The topological polar surface area (TPSA) is 41.8 Å². The van der Waals surface area contributed by atoms with Crippen molar-refractivity contribution in [2.75, 3.05) is 6.54 Å². The van der Waals surface area contributed by atoms with Crippen molar-refractivity contribution < 1.29 is 0 Å². The highest BCUT2D eigenvalue weighted by Gasteiger charge is 2.16. The number of benzene rings is 2. The van der Waals surface area contributed by atoms with E-state index in [4.69, 9.17) is 5.73 Å². The van der Waals surface area contributed by atoms with E-state index >= 15 is 0 Å².